The Morgan fingerprint density at radius 1 is 1.21 bits per heavy atom. The summed E-state index contributed by atoms with van der Waals surface area (Å²) >= 11 is 0. The number of halogens is 1. The molecule has 1 N–H and O–H groups in total. The van der Waals surface area contributed by atoms with Gasteiger partial charge in [0.2, 0.25) is 5.91 Å². The Morgan fingerprint density at radius 2 is 1.93 bits per heavy atom. The van der Waals surface area contributed by atoms with Gasteiger partial charge in [-0.1, -0.05) is 42.5 Å². The third-order valence-corrected chi connectivity index (χ3v) is 5.09. The summed E-state index contributed by atoms with van der Waals surface area (Å²) in [6.07, 6.45) is 0.470. The molecule has 1 amide bonds. The molecule has 0 saturated carbocycles. The van der Waals surface area contributed by atoms with Crippen molar-refractivity contribution in [3.63, 3.8) is 0 Å². The number of nitrogens with one attached hydrogen (secondary N) is 1. The van der Waals surface area contributed by atoms with Crippen LogP contribution in [0.5, 0.6) is 5.75 Å². The maximum atomic E-state index is 12.8. The van der Waals surface area contributed by atoms with Gasteiger partial charge in [0, 0.05) is 37.2 Å². The maximum Gasteiger partial charge on any atom is 0.224 e. The van der Waals surface area contributed by atoms with Crippen LogP contribution < -0.4 is 10.1 Å². The van der Waals surface area contributed by atoms with E-state index in [1.54, 1.807) is 7.11 Å². The van der Waals surface area contributed by atoms with Crippen molar-refractivity contribution < 1.29 is 14.3 Å². The maximum absolute atomic E-state index is 12.8. The second-order valence-electron chi connectivity index (χ2n) is 7.44. The van der Waals surface area contributed by atoms with E-state index in [1.165, 1.54) is 0 Å². The fourth-order valence-electron chi connectivity index (χ4n) is 3.51. The minimum atomic E-state index is 0. The van der Waals surface area contributed by atoms with Gasteiger partial charge in [-0.05, 0) is 31.0 Å². The fraction of sp³-hybridized carbons (Fsp3) is 0.435. The van der Waals surface area contributed by atoms with Crippen molar-refractivity contribution in [2.45, 2.75) is 38.9 Å². The van der Waals surface area contributed by atoms with Crippen LogP contribution in [-0.2, 0) is 16.1 Å². The van der Waals surface area contributed by atoms with E-state index in [-0.39, 0.29) is 30.4 Å². The molecule has 2 aromatic rings. The number of carbonyl (C=O) groups is 1. The summed E-state index contributed by atoms with van der Waals surface area (Å²) in [5.74, 6) is 1.02. The summed E-state index contributed by atoms with van der Waals surface area (Å²) in [5.41, 5.74) is 3.29. The van der Waals surface area contributed by atoms with Crippen molar-refractivity contribution in [3.8, 4) is 16.9 Å². The first-order valence-corrected chi connectivity index (χ1v) is 9.91. The quantitative estimate of drug-likeness (QED) is 0.740. The van der Waals surface area contributed by atoms with Crippen LogP contribution in [0.4, 0.5) is 0 Å². The first kappa shape index (κ1) is 23.2. The SMILES string of the molecule is COc1ccccc1-c1ccc(CN(C(=O)CC2COCCN2)C(C)C)cc1.Cl. The van der Waals surface area contributed by atoms with E-state index in [4.69, 9.17) is 9.47 Å². The molecule has 2 aromatic carbocycles. The van der Waals surface area contributed by atoms with E-state index in [0.717, 1.165) is 35.6 Å². The number of carbonyl (C=O) groups excluding carboxylic acids is 1. The molecule has 0 aromatic heterocycles. The van der Waals surface area contributed by atoms with E-state index < -0.39 is 0 Å². The van der Waals surface area contributed by atoms with Crippen LogP contribution in [0.25, 0.3) is 11.1 Å². The summed E-state index contributed by atoms with van der Waals surface area (Å²) in [5, 5.41) is 3.36. The number of methoxy groups -OCH3 is 1. The van der Waals surface area contributed by atoms with Gasteiger partial charge in [-0.15, -0.1) is 12.4 Å². The molecule has 0 spiro atoms. The van der Waals surface area contributed by atoms with Gasteiger partial charge in [-0.3, -0.25) is 4.79 Å². The Bertz CT molecular complexity index is 774. The molecule has 1 aliphatic rings. The number of nitrogens with zero attached hydrogens (tertiary/aromatic N) is 1. The molecule has 1 fully saturated rings. The molecule has 29 heavy (non-hydrogen) atoms. The van der Waals surface area contributed by atoms with Gasteiger partial charge in [0.25, 0.3) is 0 Å². The first-order chi connectivity index (χ1) is 13.6. The Morgan fingerprint density at radius 3 is 2.55 bits per heavy atom. The van der Waals surface area contributed by atoms with Gasteiger partial charge in [0.15, 0.2) is 0 Å². The van der Waals surface area contributed by atoms with Gasteiger partial charge in [-0.2, -0.15) is 0 Å². The van der Waals surface area contributed by atoms with Crippen LogP contribution >= 0.6 is 12.4 Å². The summed E-state index contributed by atoms with van der Waals surface area (Å²) in [7, 11) is 1.69. The molecule has 1 atom stereocenters. The third-order valence-electron chi connectivity index (χ3n) is 5.09. The average molecular weight is 419 g/mol. The summed E-state index contributed by atoms with van der Waals surface area (Å²) in [4.78, 5) is 14.8. The molecule has 6 heteroatoms. The molecule has 158 valence electrons. The number of morpholine rings is 1. The second-order valence-corrected chi connectivity index (χ2v) is 7.44. The van der Waals surface area contributed by atoms with E-state index in [2.05, 4.69) is 49.5 Å². The molecule has 0 aliphatic carbocycles. The van der Waals surface area contributed by atoms with Crippen LogP contribution in [0.2, 0.25) is 0 Å². The highest BCUT2D eigenvalue weighted by atomic mass is 35.5. The smallest absolute Gasteiger partial charge is 0.224 e. The minimum absolute atomic E-state index is 0. The lowest BCUT2D eigenvalue weighted by Crippen LogP contribution is -2.46. The monoisotopic (exact) mass is 418 g/mol. The Hall–Kier alpha value is -2.08. The normalized spacial score (nSPS) is 16.2. The fourth-order valence-corrected chi connectivity index (χ4v) is 3.51. The van der Waals surface area contributed by atoms with Gasteiger partial charge < -0.3 is 19.7 Å². The minimum Gasteiger partial charge on any atom is -0.496 e. The van der Waals surface area contributed by atoms with Gasteiger partial charge in [0.1, 0.15) is 5.75 Å². The number of hydrogen-bond donors (Lipinski definition) is 1. The molecule has 1 unspecified atom stereocenters. The van der Waals surface area contributed by atoms with Crippen LogP contribution in [0, 0.1) is 0 Å². The van der Waals surface area contributed by atoms with Crippen molar-refractivity contribution in [2.75, 3.05) is 26.9 Å². The number of hydrogen-bond acceptors (Lipinski definition) is 4. The summed E-state index contributed by atoms with van der Waals surface area (Å²) < 4.78 is 10.9. The molecular weight excluding hydrogens is 388 g/mol. The summed E-state index contributed by atoms with van der Waals surface area (Å²) in [6.45, 7) is 6.86. The van der Waals surface area contributed by atoms with E-state index in [1.807, 2.05) is 23.1 Å². The predicted molar refractivity (Wildman–Crippen MR) is 119 cm³/mol. The predicted octanol–water partition coefficient (Wildman–Crippen LogP) is 3.90. The Balaban J connectivity index is 0.00000300. The summed E-state index contributed by atoms with van der Waals surface area (Å²) in [6, 6.07) is 16.6. The lowest BCUT2D eigenvalue weighted by Gasteiger charge is -2.30. The average Bonchev–Trinajstić information content (AvgIpc) is 2.73. The Labute approximate surface area is 179 Å². The van der Waals surface area contributed by atoms with Crippen LogP contribution in [0.15, 0.2) is 48.5 Å². The van der Waals surface area contributed by atoms with Crippen molar-refractivity contribution in [1.82, 2.24) is 10.2 Å². The Kier molecular flexibility index (Phi) is 8.96. The number of ether oxygens (including phenoxy) is 2. The number of benzene rings is 2. The largest absolute Gasteiger partial charge is 0.496 e. The highest BCUT2D eigenvalue weighted by Crippen LogP contribution is 2.29. The molecule has 0 bridgehead atoms. The lowest BCUT2D eigenvalue weighted by atomic mass is 10.0. The van der Waals surface area contributed by atoms with Gasteiger partial charge in [-0.25, -0.2) is 0 Å². The number of para-hydroxylation sites is 1. The molecular formula is C23H31ClN2O3. The van der Waals surface area contributed by atoms with E-state index in [0.29, 0.717) is 19.6 Å². The van der Waals surface area contributed by atoms with Crippen molar-refractivity contribution in [1.29, 1.82) is 0 Å². The van der Waals surface area contributed by atoms with Crippen molar-refractivity contribution in [2.24, 2.45) is 0 Å². The first-order valence-electron chi connectivity index (χ1n) is 9.91. The zero-order valence-corrected chi connectivity index (χ0v) is 18.2. The molecule has 1 heterocycles. The molecule has 5 nitrogen and oxygen atoms in total. The lowest BCUT2D eigenvalue weighted by molar-refractivity contribution is -0.134. The highest BCUT2D eigenvalue weighted by molar-refractivity contribution is 5.85. The zero-order chi connectivity index (χ0) is 19.9. The highest BCUT2D eigenvalue weighted by Gasteiger charge is 2.23. The van der Waals surface area contributed by atoms with Crippen LogP contribution in [0.3, 0.4) is 0 Å². The standard InChI is InChI=1S/C23H30N2O3.ClH/c1-17(2)25(23(26)14-20-16-28-13-12-24-20)15-18-8-10-19(11-9-18)21-6-4-5-7-22(21)27-3;/h4-11,17,20,24H,12-16H2,1-3H3;1H. The number of amides is 1. The van der Waals surface area contributed by atoms with Crippen molar-refractivity contribution >= 4 is 18.3 Å². The zero-order valence-electron chi connectivity index (χ0n) is 17.4. The number of rotatable bonds is 7. The van der Waals surface area contributed by atoms with Gasteiger partial charge in [0.05, 0.1) is 20.3 Å². The molecule has 1 aliphatic heterocycles. The van der Waals surface area contributed by atoms with Crippen LogP contribution in [0.1, 0.15) is 25.8 Å². The second kappa shape index (κ2) is 11.2. The van der Waals surface area contributed by atoms with E-state index in [9.17, 15) is 4.79 Å². The van der Waals surface area contributed by atoms with Crippen LogP contribution in [-0.4, -0.2) is 49.8 Å². The molecule has 3 rings (SSSR count). The van der Waals surface area contributed by atoms with Gasteiger partial charge >= 0.3 is 0 Å². The van der Waals surface area contributed by atoms with Crippen molar-refractivity contribution in [3.05, 3.63) is 54.1 Å². The topological polar surface area (TPSA) is 50.8 Å². The third kappa shape index (κ3) is 6.20. The molecule has 0 radical (unpaired) electrons. The van der Waals surface area contributed by atoms with E-state index >= 15 is 0 Å². The molecule has 1 saturated heterocycles.